The molecular formula is C25H20ClN5OS. The predicted molar refractivity (Wildman–Crippen MR) is 131 cm³/mol. The Hall–Kier alpha value is -3.42. The fourth-order valence-corrected chi connectivity index (χ4v) is 4.46. The summed E-state index contributed by atoms with van der Waals surface area (Å²) in [7, 11) is 0. The number of benzene rings is 3. The van der Waals surface area contributed by atoms with Crippen molar-refractivity contribution in [2.45, 2.75) is 24.8 Å². The Morgan fingerprint density at radius 3 is 2.48 bits per heavy atom. The van der Waals surface area contributed by atoms with Crippen LogP contribution < -0.4 is 0 Å². The van der Waals surface area contributed by atoms with Crippen molar-refractivity contribution in [3.8, 4) is 28.5 Å². The van der Waals surface area contributed by atoms with E-state index in [4.69, 9.17) is 16.0 Å². The molecule has 3 aromatic carbocycles. The molecule has 0 bridgehead atoms. The van der Waals surface area contributed by atoms with Gasteiger partial charge in [0, 0.05) is 16.1 Å². The van der Waals surface area contributed by atoms with Gasteiger partial charge in [-0.1, -0.05) is 65.8 Å². The first-order valence-electron chi connectivity index (χ1n) is 10.4. The predicted octanol–water partition coefficient (Wildman–Crippen LogP) is 6.55. The number of rotatable bonds is 6. The Balaban J connectivity index is 1.50. The van der Waals surface area contributed by atoms with Gasteiger partial charge in [0.2, 0.25) is 11.8 Å². The van der Waals surface area contributed by atoms with Crippen LogP contribution in [0.15, 0.2) is 82.4 Å². The second-order valence-corrected chi connectivity index (χ2v) is 8.98. The molecule has 2 aromatic heterocycles. The first-order valence-corrected chi connectivity index (χ1v) is 11.7. The lowest BCUT2D eigenvalue weighted by atomic mass is 10.1. The van der Waals surface area contributed by atoms with Crippen LogP contribution in [0.25, 0.3) is 28.5 Å². The molecule has 0 aliphatic carbocycles. The van der Waals surface area contributed by atoms with Gasteiger partial charge in [-0.2, -0.15) is 0 Å². The maximum atomic E-state index is 6.26. The third-order valence-corrected chi connectivity index (χ3v) is 6.28. The molecule has 2 heterocycles. The summed E-state index contributed by atoms with van der Waals surface area (Å²) in [5.74, 6) is 2.22. The van der Waals surface area contributed by atoms with Crippen molar-refractivity contribution >= 4 is 23.4 Å². The van der Waals surface area contributed by atoms with E-state index in [9.17, 15) is 0 Å². The second kappa shape index (κ2) is 9.21. The van der Waals surface area contributed by atoms with Crippen molar-refractivity contribution in [2.75, 3.05) is 0 Å². The number of hydrogen-bond acceptors (Lipinski definition) is 6. The molecular weight excluding hydrogens is 454 g/mol. The van der Waals surface area contributed by atoms with Crippen molar-refractivity contribution in [2.24, 2.45) is 0 Å². The minimum atomic E-state index is 0.471. The van der Waals surface area contributed by atoms with E-state index in [0.29, 0.717) is 22.6 Å². The molecule has 0 radical (unpaired) electrons. The number of hydrogen-bond donors (Lipinski definition) is 0. The number of halogens is 1. The smallest absolute Gasteiger partial charge is 0.247 e. The van der Waals surface area contributed by atoms with Crippen molar-refractivity contribution in [1.82, 2.24) is 25.0 Å². The zero-order valence-corrected chi connectivity index (χ0v) is 19.6. The minimum absolute atomic E-state index is 0.471. The van der Waals surface area contributed by atoms with Crippen molar-refractivity contribution in [3.63, 3.8) is 0 Å². The molecule has 5 rings (SSSR count). The minimum Gasteiger partial charge on any atom is -0.420 e. The lowest BCUT2D eigenvalue weighted by Gasteiger charge is -2.13. The van der Waals surface area contributed by atoms with Crippen LogP contribution >= 0.6 is 23.4 Å². The molecule has 5 aromatic rings. The van der Waals surface area contributed by atoms with Crippen molar-refractivity contribution < 1.29 is 4.42 Å². The van der Waals surface area contributed by atoms with Gasteiger partial charge in [0.05, 0.1) is 11.4 Å². The van der Waals surface area contributed by atoms with Gasteiger partial charge in [0.25, 0.3) is 0 Å². The molecule has 0 N–H and O–H groups in total. The Labute approximate surface area is 200 Å². The van der Waals surface area contributed by atoms with E-state index in [-0.39, 0.29) is 0 Å². The molecule has 0 aliphatic heterocycles. The Morgan fingerprint density at radius 2 is 1.67 bits per heavy atom. The molecule has 0 unspecified atom stereocenters. The average molecular weight is 474 g/mol. The van der Waals surface area contributed by atoms with E-state index in [1.807, 2.05) is 54.6 Å². The fraction of sp³-hybridized carbons (Fsp3) is 0.120. The highest BCUT2D eigenvalue weighted by Gasteiger charge is 2.19. The summed E-state index contributed by atoms with van der Waals surface area (Å²) in [5, 5.41) is 18.8. The van der Waals surface area contributed by atoms with E-state index >= 15 is 0 Å². The first kappa shape index (κ1) is 21.4. The van der Waals surface area contributed by atoms with Crippen molar-refractivity contribution in [1.29, 1.82) is 0 Å². The van der Waals surface area contributed by atoms with Crippen molar-refractivity contribution in [3.05, 3.63) is 94.8 Å². The summed E-state index contributed by atoms with van der Waals surface area (Å²) >= 11 is 7.76. The SMILES string of the molecule is Cc1ccc(C)c(-n2c(SCc3nnc(-c4ccccc4)o3)nnc2-c2cccc(Cl)c2)c1. The van der Waals surface area contributed by atoms with Gasteiger partial charge < -0.3 is 4.42 Å². The molecule has 33 heavy (non-hydrogen) atoms. The summed E-state index contributed by atoms with van der Waals surface area (Å²) in [6.45, 7) is 4.15. The van der Waals surface area contributed by atoms with Crippen LogP contribution in [0.4, 0.5) is 0 Å². The number of nitrogens with zero attached hydrogens (tertiary/aromatic N) is 5. The van der Waals surface area contributed by atoms with E-state index in [2.05, 4.69) is 57.0 Å². The third kappa shape index (κ3) is 4.55. The summed E-state index contributed by atoms with van der Waals surface area (Å²) in [6.07, 6.45) is 0. The summed E-state index contributed by atoms with van der Waals surface area (Å²) in [5.41, 5.74) is 5.08. The lowest BCUT2D eigenvalue weighted by Crippen LogP contribution is -2.02. The van der Waals surface area contributed by atoms with Gasteiger partial charge in [-0.15, -0.1) is 20.4 Å². The van der Waals surface area contributed by atoms with E-state index < -0.39 is 0 Å². The quantitative estimate of drug-likeness (QED) is 0.260. The fourth-order valence-electron chi connectivity index (χ4n) is 3.49. The van der Waals surface area contributed by atoms with E-state index in [1.54, 1.807) is 0 Å². The van der Waals surface area contributed by atoms with Crippen LogP contribution in [0.1, 0.15) is 17.0 Å². The lowest BCUT2D eigenvalue weighted by molar-refractivity contribution is 0.528. The van der Waals surface area contributed by atoms with Gasteiger partial charge in [0.15, 0.2) is 11.0 Å². The van der Waals surface area contributed by atoms with Crippen LogP contribution in [-0.4, -0.2) is 25.0 Å². The molecule has 0 fully saturated rings. The van der Waals surface area contributed by atoms with E-state index in [0.717, 1.165) is 38.9 Å². The molecule has 0 amide bonds. The zero-order valence-electron chi connectivity index (χ0n) is 18.1. The standard InChI is InChI=1S/C25H20ClN5OS/c1-16-11-12-17(2)21(13-16)31-23(19-9-6-10-20(26)14-19)28-30-25(31)33-15-22-27-29-24(32-22)18-7-4-3-5-8-18/h3-14H,15H2,1-2H3. The molecule has 0 saturated carbocycles. The monoisotopic (exact) mass is 473 g/mol. The maximum Gasteiger partial charge on any atom is 0.247 e. The van der Waals surface area contributed by atoms with Crippen LogP contribution in [0.3, 0.4) is 0 Å². The number of aryl methyl sites for hydroxylation is 2. The van der Waals surface area contributed by atoms with Gasteiger partial charge in [0.1, 0.15) is 0 Å². The zero-order chi connectivity index (χ0) is 22.8. The highest BCUT2D eigenvalue weighted by atomic mass is 35.5. The summed E-state index contributed by atoms with van der Waals surface area (Å²) in [6, 6.07) is 23.7. The molecule has 0 saturated heterocycles. The highest BCUT2D eigenvalue weighted by molar-refractivity contribution is 7.98. The third-order valence-electron chi connectivity index (χ3n) is 5.13. The molecule has 0 atom stereocenters. The molecule has 0 spiro atoms. The van der Waals surface area contributed by atoms with Gasteiger partial charge in [-0.05, 0) is 55.3 Å². The summed E-state index contributed by atoms with van der Waals surface area (Å²) < 4.78 is 7.93. The van der Waals surface area contributed by atoms with Crippen LogP contribution in [0.5, 0.6) is 0 Å². The molecule has 8 heteroatoms. The Bertz CT molecular complexity index is 1410. The van der Waals surface area contributed by atoms with Crippen LogP contribution in [0, 0.1) is 13.8 Å². The second-order valence-electron chi connectivity index (χ2n) is 7.60. The molecule has 164 valence electrons. The van der Waals surface area contributed by atoms with E-state index in [1.165, 1.54) is 11.8 Å². The summed E-state index contributed by atoms with van der Waals surface area (Å²) in [4.78, 5) is 0. The maximum absolute atomic E-state index is 6.26. The highest BCUT2D eigenvalue weighted by Crippen LogP contribution is 2.32. The molecule has 6 nitrogen and oxygen atoms in total. The van der Waals surface area contributed by atoms with Crippen LogP contribution in [0.2, 0.25) is 5.02 Å². The normalized spacial score (nSPS) is 11.1. The van der Waals surface area contributed by atoms with Gasteiger partial charge >= 0.3 is 0 Å². The Kier molecular flexibility index (Phi) is 5.98. The van der Waals surface area contributed by atoms with Gasteiger partial charge in [-0.25, -0.2) is 0 Å². The number of aromatic nitrogens is 5. The average Bonchev–Trinajstić information content (AvgIpc) is 3.47. The number of thioether (sulfide) groups is 1. The Morgan fingerprint density at radius 1 is 0.848 bits per heavy atom. The topological polar surface area (TPSA) is 69.6 Å². The van der Waals surface area contributed by atoms with Crippen LogP contribution in [-0.2, 0) is 5.75 Å². The first-order chi connectivity index (χ1) is 16.1. The largest absolute Gasteiger partial charge is 0.420 e. The van der Waals surface area contributed by atoms with Gasteiger partial charge in [-0.3, -0.25) is 4.57 Å². The molecule has 0 aliphatic rings.